The fourth-order valence-corrected chi connectivity index (χ4v) is 2.86. The predicted octanol–water partition coefficient (Wildman–Crippen LogP) is 4.20. The van der Waals surface area contributed by atoms with E-state index >= 15 is 0 Å². The first kappa shape index (κ1) is 13.3. The SMILES string of the molecule is CCNc1nc(N(CC2CC2)C2CC2)c(Cl)cc1Cl. The molecular formula is C14H19Cl2N3. The Bertz CT molecular complexity index is 470. The molecule has 2 aliphatic rings. The summed E-state index contributed by atoms with van der Waals surface area (Å²) in [7, 11) is 0. The monoisotopic (exact) mass is 299 g/mol. The van der Waals surface area contributed by atoms with Crippen molar-refractivity contribution in [2.45, 2.75) is 38.6 Å². The number of nitrogens with one attached hydrogen (secondary N) is 1. The maximum Gasteiger partial charge on any atom is 0.150 e. The molecule has 5 heteroatoms. The van der Waals surface area contributed by atoms with Crippen molar-refractivity contribution < 1.29 is 0 Å². The smallest absolute Gasteiger partial charge is 0.150 e. The van der Waals surface area contributed by atoms with Gasteiger partial charge >= 0.3 is 0 Å². The highest BCUT2D eigenvalue weighted by Gasteiger charge is 2.35. The lowest BCUT2D eigenvalue weighted by Crippen LogP contribution is -2.29. The van der Waals surface area contributed by atoms with Crippen molar-refractivity contribution >= 4 is 34.8 Å². The Morgan fingerprint density at radius 1 is 1.26 bits per heavy atom. The molecule has 0 bridgehead atoms. The van der Waals surface area contributed by atoms with Crippen LogP contribution in [0.25, 0.3) is 0 Å². The van der Waals surface area contributed by atoms with E-state index in [4.69, 9.17) is 23.2 Å². The molecule has 0 amide bonds. The van der Waals surface area contributed by atoms with Gasteiger partial charge in [-0.3, -0.25) is 0 Å². The topological polar surface area (TPSA) is 28.2 Å². The van der Waals surface area contributed by atoms with Crippen LogP contribution in [-0.2, 0) is 0 Å². The van der Waals surface area contributed by atoms with Crippen LogP contribution in [0.2, 0.25) is 10.0 Å². The van der Waals surface area contributed by atoms with Gasteiger partial charge in [-0.05, 0) is 44.6 Å². The molecule has 104 valence electrons. The van der Waals surface area contributed by atoms with Crippen LogP contribution in [0.15, 0.2) is 6.07 Å². The molecule has 0 radical (unpaired) electrons. The van der Waals surface area contributed by atoms with E-state index in [1.54, 1.807) is 0 Å². The van der Waals surface area contributed by atoms with Crippen molar-refractivity contribution in [3.05, 3.63) is 16.1 Å². The largest absolute Gasteiger partial charge is 0.369 e. The lowest BCUT2D eigenvalue weighted by Gasteiger charge is -2.25. The molecule has 0 aromatic carbocycles. The number of nitrogens with zero attached hydrogens (tertiary/aromatic N) is 2. The summed E-state index contributed by atoms with van der Waals surface area (Å²) in [4.78, 5) is 7.04. The van der Waals surface area contributed by atoms with Gasteiger partial charge in [0.15, 0.2) is 0 Å². The Hall–Kier alpha value is -0.670. The summed E-state index contributed by atoms with van der Waals surface area (Å²) in [5.74, 6) is 2.47. The molecule has 0 saturated heterocycles. The fourth-order valence-electron chi connectivity index (χ4n) is 2.32. The molecule has 1 heterocycles. The van der Waals surface area contributed by atoms with Crippen molar-refractivity contribution in [3.8, 4) is 0 Å². The third-order valence-corrected chi connectivity index (χ3v) is 4.23. The Morgan fingerprint density at radius 3 is 2.58 bits per heavy atom. The van der Waals surface area contributed by atoms with Crippen molar-refractivity contribution in [2.75, 3.05) is 23.3 Å². The summed E-state index contributed by atoms with van der Waals surface area (Å²) in [6.45, 7) is 3.93. The van der Waals surface area contributed by atoms with Gasteiger partial charge in [-0.2, -0.15) is 0 Å². The van der Waals surface area contributed by atoms with E-state index in [0.717, 1.165) is 30.6 Å². The molecule has 1 aromatic rings. The number of pyridine rings is 1. The number of anilines is 2. The van der Waals surface area contributed by atoms with E-state index in [-0.39, 0.29) is 0 Å². The third-order valence-electron chi connectivity index (χ3n) is 3.67. The van der Waals surface area contributed by atoms with Crippen LogP contribution in [-0.4, -0.2) is 24.1 Å². The zero-order chi connectivity index (χ0) is 13.4. The van der Waals surface area contributed by atoms with E-state index < -0.39 is 0 Å². The molecule has 0 aliphatic heterocycles. The molecule has 19 heavy (non-hydrogen) atoms. The van der Waals surface area contributed by atoms with Crippen LogP contribution in [0, 0.1) is 5.92 Å². The van der Waals surface area contributed by atoms with E-state index in [1.165, 1.54) is 25.7 Å². The van der Waals surface area contributed by atoms with Crippen LogP contribution in [0.3, 0.4) is 0 Å². The van der Waals surface area contributed by atoms with E-state index in [1.807, 2.05) is 13.0 Å². The van der Waals surface area contributed by atoms with Crippen molar-refractivity contribution in [1.82, 2.24) is 4.98 Å². The van der Waals surface area contributed by atoms with Gasteiger partial charge in [-0.15, -0.1) is 0 Å². The molecule has 2 fully saturated rings. The van der Waals surface area contributed by atoms with Gasteiger partial charge in [0.2, 0.25) is 0 Å². The van der Waals surface area contributed by atoms with E-state index in [2.05, 4.69) is 15.2 Å². The molecule has 0 atom stereocenters. The minimum atomic E-state index is 0.595. The Labute approximate surface area is 124 Å². The second-order valence-corrected chi connectivity index (χ2v) is 6.30. The van der Waals surface area contributed by atoms with Crippen LogP contribution >= 0.6 is 23.2 Å². The summed E-state index contributed by atoms with van der Waals surface area (Å²) in [5, 5.41) is 4.46. The van der Waals surface area contributed by atoms with Crippen LogP contribution in [0.4, 0.5) is 11.6 Å². The van der Waals surface area contributed by atoms with Gasteiger partial charge in [0.05, 0.1) is 10.0 Å². The average molecular weight is 300 g/mol. The second kappa shape index (κ2) is 5.37. The molecule has 1 aromatic heterocycles. The number of rotatable bonds is 6. The summed E-state index contributed by atoms with van der Waals surface area (Å²) in [6, 6.07) is 2.44. The third kappa shape index (κ3) is 3.09. The molecule has 0 spiro atoms. The Balaban J connectivity index is 1.89. The molecule has 1 N–H and O–H groups in total. The molecule has 3 nitrogen and oxygen atoms in total. The zero-order valence-corrected chi connectivity index (χ0v) is 12.6. The van der Waals surface area contributed by atoms with Gasteiger partial charge in [-0.1, -0.05) is 23.2 Å². The molecule has 0 unspecified atom stereocenters. The first-order chi connectivity index (χ1) is 9.19. The summed E-state index contributed by atoms with van der Waals surface area (Å²) < 4.78 is 0. The van der Waals surface area contributed by atoms with Crippen molar-refractivity contribution in [1.29, 1.82) is 0 Å². The lowest BCUT2D eigenvalue weighted by atomic mass is 10.3. The van der Waals surface area contributed by atoms with Crippen LogP contribution < -0.4 is 10.2 Å². The molecule has 3 rings (SSSR count). The standard InChI is InChI=1S/C14H19Cl2N3/c1-2-17-13-11(15)7-12(16)14(18-13)19(10-5-6-10)8-9-3-4-9/h7,9-10H,2-6,8H2,1H3,(H,17,18). The van der Waals surface area contributed by atoms with Gasteiger partial charge in [0.25, 0.3) is 0 Å². The fraction of sp³-hybridized carbons (Fsp3) is 0.643. The summed E-state index contributed by atoms with van der Waals surface area (Å²) in [6.07, 6.45) is 5.19. The minimum Gasteiger partial charge on any atom is -0.369 e. The number of hydrogen-bond acceptors (Lipinski definition) is 3. The number of hydrogen-bond donors (Lipinski definition) is 1. The normalized spacial score (nSPS) is 18.5. The maximum atomic E-state index is 6.36. The average Bonchev–Trinajstić information content (AvgIpc) is 3.25. The number of halogens is 2. The Kier molecular flexibility index (Phi) is 3.77. The number of aromatic nitrogens is 1. The van der Waals surface area contributed by atoms with Gasteiger partial charge < -0.3 is 10.2 Å². The van der Waals surface area contributed by atoms with Gasteiger partial charge in [0, 0.05) is 19.1 Å². The van der Waals surface area contributed by atoms with E-state index in [0.29, 0.717) is 16.1 Å². The van der Waals surface area contributed by atoms with Gasteiger partial charge in [0.1, 0.15) is 11.6 Å². The summed E-state index contributed by atoms with van der Waals surface area (Å²) in [5.41, 5.74) is 0. The van der Waals surface area contributed by atoms with Crippen LogP contribution in [0.5, 0.6) is 0 Å². The van der Waals surface area contributed by atoms with Crippen molar-refractivity contribution in [3.63, 3.8) is 0 Å². The highest BCUT2D eigenvalue weighted by molar-refractivity contribution is 6.37. The molecule has 2 saturated carbocycles. The first-order valence-corrected chi connectivity index (χ1v) is 7.81. The highest BCUT2D eigenvalue weighted by Crippen LogP contribution is 2.40. The quantitative estimate of drug-likeness (QED) is 0.853. The second-order valence-electron chi connectivity index (χ2n) is 5.48. The zero-order valence-electron chi connectivity index (χ0n) is 11.1. The minimum absolute atomic E-state index is 0.595. The Morgan fingerprint density at radius 2 is 2.00 bits per heavy atom. The highest BCUT2D eigenvalue weighted by atomic mass is 35.5. The van der Waals surface area contributed by atoms with Crippen molar-refractivity contribution in [2.24, 2.45) is 5.92 Å². The van der Waals surface area contributed by atoms with Crippen LogP contribution in [0.1, 0.15) is 32.6 Å². The molecular weight excluding hydrogens is 281 g/mol. The van der Waals surface area contributed by atoms with E-state index in [9.17, 15) is 0 Å². The lowest BCUT2D eigenvalue weighted by molar-refractivity contribution is 0.709. The maximum absolute atomic E-state index is 6.36. The predicted molar refractivity (Wildman–Crippen MR) is 81.5 cm³/mol. The first-order valence-electron chi connectivity index (χ1n) is 7.05. The summed E-state index contributed by atoms with van der Waals surface area (Å²) >= 11 is 12.5. The molecule has 2 aliphatic carbocycles. The van der Waals surface area contributed by atoms with Gasteiger partial charge in [-0.25, -0.2) is 4.98 Å².